The van der Waals surface area contributed by atoms with E-state index in [0.29, 0.717) is 6.61 Å². The normalized spacial score (nSPS) is 13.4. The van der Waals surface area contributed by atoms with E-state index in [-0.39, 0.29) is 5.41 Å². The fourth-order valence-electron chi connectivity index (χ4n) is 3.09. The van der Waals surface area contributed by atoms with Gasteiger partial charge in [0, 0.05) is 0 Å². The van der Waals surface area contributed by atoms with Crippen molar-refractivity contribution in [1.82, 2.24) is 0 Å². The molecule has 2 N–H and O–H groups in total. The van der Waals surface area contributed by atoms with E-state index in [2.05, 4.69) is 32.9 Å². The minimum absolute atomic E-state index is 0.129. The molecule has 0 aromatic heterocycles. The van der Waals surface area contributed by atoms with E-state index >= 15 is 0 Å². The molecule has 0 spiro atoms. The van der Waals surface area contributed by atoms with Crippen molar-refractivity contribution in [2.75, 3.05) is 6.61 Å². The predicted molar refractivity (Wildman–Crippen MR) is 115 cm³/mol. The fourth-order valence-corrected chi connectivity index (χ4v) is 3.09. The number of unbranched alkanes of at least 4 members (excludes halogenated alkanes) is 5. The van der Waals surface area contributed by atoms with E-state index in [1.807, 2.05) is 12.1 Å². The topological polar surface area (TPSA) is 66.8 Å². The summed E-state index contributed by atoms with van der Waals surface area (Å²) in [5.74, 6) is 0.0881. The Morgan fingerprint density at radius 1 is 0.929 bits per heavy atom. The van der Waals surface area contributed by atoms with Gasteiger partial charge in [-0.25, -0.2) is 0 Å². The minimum Gasteiger partial charge on any atom is -0.491 e. The summed E-state index contributed by atoms with van der Waals surface area (Å²) in [6.45, 7) is 10.5. The van der Waals surface area contributed by atoms with Gasteiger partial charge in [0.25, 0.3) is 0 Å². The van der Waals surface area contributed by atoms with E-state index in [4.69, 9.17) is 9.84 Å². The highest BCUT2D eigenvalue weighted by molar-refractivity contribution is 5.73. The number of aliphatic hydroxyl groups excluding tert-OH is 1. The first kappa shape index (κ1) is 24.5. The van der Waals surface area contributed by atoms with Crippen LogP contribution in [-0.2, 0) is 10.2 Å². The van der Waals surface area contributed by atoms with Crippen LogP contribution in [0.2, 0.25) is 0 Å². The van der Waals surface area contributed by atoms with Gasteiger partial charge >= 0.3 is 5.97 Å². The summed E-state index contributed by atoms with van der Waals surface area (Å²) < 4.78 is 5.70. The van der Waals surface area contributed by atoms with Crippen molar-refractivity contribution in [3.63, 3.8) is 0 Å². The van der Waals surface area contributed by atoms with Gasteiger partial charge in [0.05, 0.1) is 11.5 Å². The third-order valence-electron chi connectivity index (χ3n) is 5.33. The summed E-state index contributed by atoms with van der Waals surface area (Å²) in [4.78, 5) is 11.1. The lowest BCUT2D eigenvalue weighted by Crippen LogP contribution is -2.23. The Hall–Kier alpha value is -1.55. The molecular formula is C24H40O4. The zero-order chi connectivity index (χ0) is 21.2. The molecule has 1 unspecified atom stereocenters. The molecule has 0 bridgehead atoms. The van der Waals surface area contributed by atoms with Crippen molar-refractivity contribution in [3.8, 4) is 5.75 Å². The van der Waals surface area contributed by atoms with Crippen LogP contribution in [0.4, 0.5) is 0 Å². The third-order valence-corrected chi connectivity index (χ3v) is 5.33. The molecular weight excluding hydrogens is 352 g/mol. The van der Waals surface area contributed by atoms with Crippen molar-refractivity contribution < 1.29 is 19.7 Å². The lowest BCUT2D eigenvalue weighted by Gasteiger charge is -2.19. The molecule has 1 rings (SSSR count). The number of carboxylic acid groups (broad SMARTS) is 1. The van der Waals surface area contributed by atoms with E-state index in [1.54, 1.807) is 13.8 Å². The number of rotatable bonds is 13. The molecule has 0 aliphatic rings. The molecule has 0 aliphatic carbocycles. The predicted octanol–water partition coefficient (Wildman–Crippen LogP) is 5.96. The van der Waals surface area contributed by atoms with Crippen molar-refractivity contribution in [1.29, 1.82) is 0 Å². The van der Waals surface area contributed by atoms with Gasteiger partial charge in [-0.15, -0.1) is 0 Å². The van der Waals surface area contributed by atoms with Crippen molar-refractivity contribution >= 4 is 5.97 Å². The van der Waals surface area contributed by atoms with Crippen molar-refractivity contribution in [3.05, 3.63) is 29.8 Å². The van der Waals surface area contributed by atoms with Gasteiger partial charge in [-0.3, -0.25) is 4.79 Å². The maximum absolute atomic E-state index is 11.1. The highest BCUT2D eigenvalue weighted by Gasteiger charge is 2.25. The molecule has 0 fully saturated rings. The van der Waals surface area contributed by atoms with Crippen LogP contribution in [0.15, 0.2) is 24.3 Å². The Balaban J connectivity index is 2.08. The number of hydrogen-bond donors (Lipinski definition) is 2. The van der Waals surface area contributed by atoms with Crippen LogP contribution in [0.1, 0.15) is 91.5 Å². The van der Waals surface area contributed by atoms with E-state index in [1.165, 1.54) is 5.56 Å². The third kappa shape index (κ3) is 9.59. The maximum Gasteiger partial charge on any atom is 0.309 e. The summed E-state index contributed by atoms with van der Waals surface area (Å²) in [6, 6.07) is 8.11. The second-order valence-electron chi connectivity index (χ2n) is 9.59. The van der Waals surface area contributed by atoms with Gasteiger partial charge in [-0.2, -0.15) is 0 Å². The second kappa shape index (κ2) is 11.5. The van der Waals surface area contributed by atoms with Crippen LogP contribution in [-0.4, -0.2) is 28.9 Å². The second-order valence-corrected chi connectivity index (χ2v) is 9.59. The number of ether oxygens (including phenoxy) is 1. The molecule has 1 atom stereocenters. The van der Waals surface area contributed by atoms with Crippen molar-refractivity contribution in [2.45, 2.75) is 97.5 Å². The maximum atomic E-state index is 11.1. The first-order valence-corrected chi connectivity index (χ1v) is 10.7. The molecule has 1 aromatic carbocycles. The summed E-state index contributed by atoms with van der Waals surface area (Å²) in [5, 5.41) is 19.2. The quantitative estimate of drug-likeness (QED) is 0.407. The van der Waals surface area contributed by atoms with E-state index in [0.717, 1.165) is 57.1 Å². The Labute approximate surface area is 171 Å². The fraction of sp³-hybridized carbons (Fsp3) is 0.708. The SMILES string of the molecule is CC(C)(CCCCCCCCC(O)COc1ccc(C(C)(C)C)cc1)C(=O)O. The summed E-state index contributed by atoms with van der Waals surface area (Å²) >= 11 is 0. The van der Waals surface area contributed by atoms with Gasteiger partial charge in [-0.1, -0.05) is 71.4 Å². The largest absolute Gasteiger partial charge is 0.491 e. The molecule has 160 valence electrons. The zero-order valence-corrected chi connectivity index (χ0v) is 18.5. The standard InChI is InChI=1S/C24H40O4/c1-23(2,3)19-13-15-21(16-14-19)28-18-20(25)12-10-8-6-7-9-11-17-24(4,5)22(26)27/h13-16,20,25H,6-12,17-18H2,1-5H3,(H,26,27). The van der Waals surface area contributed by atoms with E-state index in [9.17, 15) is 9.90 Å². The molecule has 28 heavy (non-hydrogen) atoms. The molecule has 0 saturated heterocycles. The molecule has 0 amide bonds. The van der Waals surface area contributed by atoms with Crippen LogP contribution in [0.5, 0.6) is 5.75 Å². The summed E-state index contributed by atoms with van der Waals surface area (Å²) in [5.41, 5.74) is 0.786. The van der Waals surface area contributed by atoms with Crippen LogP contribution in [0.3, 0.4) is 0 Å². The zero-order valence-electron chi connectivity index (χ0n) is 18.5. The molecule has 1 aromatic rings. The molecule has 4 heteroatoms. The highest BCUT2D eigenvalue weighted by Crippen LogP contribution is 2.25. The Bertz CT molecular complexity index is 569. The van der Waals surface area contributed by atoms with Gasteiger partial charge in [0.1, 0.15) is 12.4 Å². The smallest absolute Gasteiger partial charge is 0.309 e. The minimum atomic E-state index is -0.714. The lowest BCUT2D eigenvalue weighted by atomic mass is 9.87. The number of aliphatic carboxylic acids is 1. The lowest BCUT2D eigenvalue weighted by molar-refractivity contribution is -0.147. The number of carbonyl (C=O) groups is 1. The Kier molecular flexibility index (Phi) is 10.0. The number of aliphatic hydroxyl groups is 1. The number of carboxylic acids is 1. The molecule has 4 nitrogen and oxygen atoms in total. The molecule has 0 heterocycles. The number of benzene rings is 1. The van der Waals surface area contributed by atoms with Crippen LogP contribution in [0.25, 0.3) is 0 Å². The first-order chi connectivity index (χ1) is 13.0. The van der Waals surface area contributed by atoms with Crippen LogP contribution >= 0.6 is 0 Å². The van der Waals surface area contributed by atoms with Gasteiger partial charge in [0.15, 0.2) is 0 Å². The molecule has 0 saturated carbocycles. The van der Waals surface area contributed by atoms with Gasteiger partial charge in [0.2, 0.25) is 0 Å². The highest BCUT2D eigenvalue weighted by atomic mass is 16.5. The summed E-state index contributed by atoms with van der Waals surface area (Å²) in [7, 11) is 0. The number of hydrogen-bond acceptors (Lipinski definition) is 3. The Morgan fingerprint density at radius 2 is 1.46 bits per heavy atom. The van der Waals surface area contributed by atoms with Crippen molar-refractivity contribution in [2.24, 2.45) is 5.41 Å². The average molecular weight is 393 g/mol. The average Bonchev–Trinajstić information content (AvgIpc) is 2.61. The molecule has 0 aliphatic heterocycles. The monoisotopic (exact) mass is 392 g/mol. The van der Waals surface area contributed by atoms with Gasteiger partial charge in [-0.05, 0) is 49.8 Å². The van der Waals surface area contributed by atoms with E-state index < -0.39 is 17.5 Å². The molecule has 0 radical (unpaired) electrons. The summed E-state index contributed by atoms with van der Waals surface area (Å²) in [6.07, 6.45) is 7.45. The van der Waals surface area contributed by atoms with Crippen LogP contribution in [0, 0.1) is 5.41 Å². The van der Waals surface area contributed by atoms with Gasteiger partial charge < -0.3 is 14.9 Å². The Morgan fingerprint density at radius 3 is 2.00 bits per heavy atom. The van der Waals surface area contributed by atoms with Crippen LogP contribution < -0.4 is 4.74 Å². The first-order valence-electron chi connectivity index (χ1n) is 10.7.